The van der Waals surface area contributed by atoms with Gasteiger partial charge in [0.1, 0.15) is 4.88 Å². The van der Waals surface area contributed by atoms with Crippen molar-refractivity contribution in [3.05, 3.63) is 58.4 Å². The average molecular weight is 437 g/mol. The van der Waals surface area contributed by atoms with Gasteiger partial charge >= 0.3 is 0 Å². The van der Waals surface area contributed by atoms with E-state index in [1.165, 1.54) is 27.8 Å². The van der Waals surface area contributed by atoms with Crippen LogP contribution in [0.15, 0.2) is 53.4 Å². The van der Waals surface area contributed by atoms with E-state index < -0.39 is 10.0 Å². The van der Waals surface area contributed by atoms with Crippen molar-refractivity contribution in [3.8, 4) is 0 Å². The van der Waals surface area contributed by atoms with Crippen molar-refractivity contribution >= 4 is 54.6 Å². The fourth-order valence-electron chi connectivity index (χ4n) is 2.99. The third-order valence-corrected chi connectivity index (χ3v) is 8.05. The van der Waals surface area contributed by atoms with E-state index in [0.717, 1.165) is 10.1 Å². The zero-order valence-electron chi connectivity index (χ0n) is 14.7. The predicted octanol–water partition coefficient (Wildman–Crippen LogP) is 3.83. The van der Waals surface area contributed by atoms with E-state index in [1.54, 1.807) is 12.1 Å². The van der Waals surface area contributed by atoms with Gasteiger partial charge in [-0.15, -0.1) is 11.3 Å². The lowest BCUT2D eigenvalue weighted by atomic mass is 10.2. The molecule has 3 aromatic rings. The van der Waals surface area contributed by atoms with Crippen molar-refractivity contribution in [2.75, 3.05) is 31.6 Å². The fourth-order valence-corrected chi connectivity index (χ4v) is 5.81. The Kier molecular flexibility index (Phi) is 5.39. The second kappa shape index (κ2) is 7.81. The van der Waals surface area contributed by atoms with Gasteiger partial charge in [-0.1, -0.05) is 29.8 Å². The molecule has 0 aliphatic carbocycles. The maximum Gasteiger partial charge on any atom is 0.267 e. The van der Waals surface area contributed by atoms with E-state index in [1.807, 2.05) is 24.3 Å². The standard InChI is InChI=1S/C19H17ClN2O4S2/c20-17-15-3-1-2-4-16(15)27-18(17)19(23)21-13-5-7-14(8-6-13)28(24,25)22-9-11-26-12-10-22/h1-8H,9-12H2,(H,21,23). The van der Waals surface area contributed by atoms with Crippen LogP contribution in [0.5, 0.6) is 0 Å². The van der Waals surface area contributed by atoms with E-state index in [4.69, 9.17) is 16.3 Å². The Labute approximate surface area is 171 Å². The van der Waals surface area contributed by atoms with Gasteiger partial charge in [-0.05, 0) is 30.3 Å². The van der Waals surface area contributed by atoms with Crippen molar-refractivity contribution in [2.24, 2.45) is 0 Å². The van der Waals surface area contributed by atoms with E-state index in [9.17, 15) is 13.2 Å². The molecule has 1 fully saturated rings. The number of benzene rings is 2. The first-order valence-electron chi connectivity index (χ1n) is 8.63. The molecule has 6 nitrogen and oxygen atoms in total. The first-order chi connectivity index (χ1) is 13.5. The molecule has 0 saturated carbocycles. The predicted molar refractivity (Wildman–Crippen MR) is 111 cm³/mol. The molecular weight excluding hydrogens is 420 g/mol. The molecule has 9 heteroatoms. The Morgan fingerprint density at radius 2 is 1.75 bits per heavy atom. The molecule has 0 spiro atoms. The molecule has 146 valence electrons. The highest BCUT2D eigenvalue weighted by molar-refractivity contribution is 7.89. The van der Waals surface area contributed by atoms with Crippen LogP contribution in [-0.2, 0) is 14.8 Å². The Bertz CT molecular complexity index is 1120. The zero-order valence-corrected chi connectivity index (χ0v) is 17.1. The summed E-state index contributed by atoms with van der Waals surface area (Å²) >= 11 is 7.66. The van der Waals surface area contributed by atoms with Crippen molar-refractivity contribution in [2.45, 2.75) is 4.90 Å². The summed E-state index contributed by atoms with van der Waals surface area (Å²) in [6.45, 7) is 1.46. The number of fused-ring (bicyclic) bond motifs is 1. The summed E-state index contributed by atoms with van der Waals surface area (Å²) in [5.74, 6) is -0.324. The number of anilines is 1. The van der Waals surface area contributed by atoms with Crippen LogP contribution in [0.4, 0.5) is 5.69 Å². The molecule has 28 heavy (non-hydrogen) atoms. The largest absolute Gasteiger partial charge is 0.379 e. The van der Waals surface area contributed by atoms with Crippen molar-refractivity contribution in [1.82, 2.24) is 4.31 Å². The highest BCUT2D eigenvalue weighted by atomic mass is 35.5. The fraction of sp³-hybridized carbons (Fsp3) is 0.211. The van der Waals surface area contributed by atoms with Crippen LogP contribution < -0.4 is 5.32 Å². The number of carbonyl (C=O) groups is 1. The molecule has 0 unspecified atom stereocenters. The summed E-state index contributed by atoms with van der Waals surface area (Å²) in [4.78, 5) is 13.2. The lowest BCUT2D eigenvalue weighted by Crippen LogP contribution is -2.40. The summed E-state index contributed by atoms with van der Waals surface area (Å²) in [6, 6.07) is 13.7. The van der Waals surface area contributed by atoms with E-state index in [-0.39, 0.29) is 10.8 Å². The van der Waals surface area contributed by atoms with Crippen molar-refractivity contribution < 1.29 is 17.9 Å². The maximum absolute atomic E-state index is 12.7. The van der Waals surface area contributed by atoms with Crippen LogP contribution in [-0.4, -0.2) is 44.9 Å². The topological polar surface area (TPSA) is 75.7 Å². The van der Waals surface area contributed by atoms with Crippen LogP contribution in [0.25, 0.3) is 10.1 Å². The molecule has 4 rings (SSSR count). The minimum absolute atomic E-state index is 0.187. The monoisotopic (exact) mass is 436 g/mol. The lowest BCUT2D eigenvalue weighted by molar-refractivity contribution is 0.0730. The third kappa shape index (κ3) is 3.66. The Morgan fingerprint density at radius 1 is 1.07 bits per heavy atom. The van der Waals surface area contributed by atoms with Crippen molar-refractivity contribution in [1.29, 1.82) is 0 Å². The highest BCUT2D eigenvalue weighted by Crippen LogP contribution is 2.35. The van der Waals surface area contributed by atoms with E-state index >= 15 is 0 Å². The summed E-state index contributed by atoms with van der Waals surface area (Å²) < 4.78 is 32.8. The van der Waals surface area contributed by atoms with E-state index in [0.29, 0.717) is 41.9 Å². The molecule has 1 aromatic heterocycles. The van der Waals surface area contributed by atoms with Gasteiger partial charge in [0.15, 0.2) is 0 Å². The number of morpholine rings is 1. The second-order valence-electron chi connectivity index (χ2n) is 6.24. The molecule has 0 radical (unpaired) electrons. The number of thiophene rings is 1. The van der Waals surface area contributed by atoms with Gasteiger partial charge in [-0.2, -0.15) is 4.31 Å². The number of ether oxygens (including phenoxy) is 1. The molecular formula is C19H17ClN2O4S2. The van der Waals surface area contributed by atoms with E-state index in [2.05, 4.69) is 5.32 Å². The SMILES string of the molecule is O=C(Nc1ccc(S(=O)(=O)N2CCOCC2)cc1)c1sc2ccccc2c1Cl. The van der Waals surface area contributed by atoms with Gasteiger partial charge in [0.25, 0.3) is 5.91 Å². The summed E-state index contributed by atoms with van der Waals surface area (Å²) in [6.07, 6.45) is 0. The molecule has 1 aliphatic rings. The minimum Gasteiger partial charge on any atom is -0.379 e. The number of amides is 1. The molecule has 1 aliphatic heterocycles. The number of hydrogen-bond donors (Lipinski definition) is 1. The quantitative estimate of drug-likeness (QED) is 0.674. The third-order valence-electron chi connectivity index (χ3n) is 4.46. The van der Waals surface area contributed by atoms with Gasteiger partial charge in [0.05, 0.1) is 23.1 Å². The van der Waals surface area contributed by atoms with Gasteiger partial charge in [-0.3, -0.25) is 4.79 Å². The molecule has 2 heterocycles. The zero-order chi connectivity index (χ0) is 19.7. The highest BCUT2D eigenvalue weighted by Gasteiger charge is 2.26. The number of carbonyl (C=O) groups excluding carboxylic acids is 1. The number of rotatable bonds is 4. The molecule has 1 N–H and O–H groups in total. The van der Waals surface area contributed by atoms with Gasteiger partial charge in [-0.25, -0.2) is 8.42 Å². The molecule has 0 atom stereocenters. The summed E-state index contributed by atoms with van der Waals surface area (Å²) in [5.41, 5.74) is 0.499. The van der Waals surface area contributed by atoms with Crippen LogP contribution in [0, 0.1) is 0 Å². The first kappa shape index (κ1) is 19.4. The number of nitrogens with zero attached hydrogens (tertiary/aromatic N) is 1. The smallest absolute Gasteiger partial charge is 0.267 e. The van der Waals surface area contributed by atoms with Gasteiger partial charge in [0, 0.05) is 28.9 Å². The normalized spacial score (nSPS) is 15.6. The van der Waals surface area contributed by atoms with Crippen molar-refractivity contribution in [3.63, 3.8) is 0 Å². The Hall–Kier alpha value is -1.97. The van der Waals surface area contributed by atoms with Gasteiger partial charge in [0.2, 0.25) is 10.0 Å². The van der Waals surface area contributed by atoms with Gasteiger partial charge < -0.3 is 10.1 Å². The molecule has 2 aromatic carbocycles. The van der Waals surface area contributed by atoms with Crippen LogP contribution in [0.2, 0.25) is 5.02 Å². The Morgan fingerprint density at radius 3 is 2.43 bits per heavy atom. The number of nitrogens with one attached hydrogen (secondary N) is 1. The molecule has 0 bridgehead atoms. The number of halogens is 1. The lowest BCUT2D eigenvalue weighted by Gasteiger charge is -2.26. The van der Waals surface area contributed by atoms with Crippen LogP contribution >= 0.6 is 22.9 Å². The first-order valence-corrected chi connectivity index (χ1v) is 11.3. The summed E-state index contributed by atoms with van der Waals surface area (Å²) in [5, 5.41) is 4.04. The minimum atomic E-state index is -3.56. The summed E-state index contributed by atoms with van der Waals surface area (Å²) in [7, 11) is -3.56. The van der Waals surface area contributed by atoms with Crippen LogP contribution in [0.3, 0.4) is 0 Å². The average Bonchev–Trinajstić information content (AvgIpc) is 3.06. The second-order valence-corrected chi connectivity index (χ2v) is 9.60. The number of sulfonamides is 1. The molecule has 1 saturated heterocycles. The molecule has 1 amide bonds. The Balaban J connectivity index is 1.52. The maximum atomic E-state index is 12.7. The number of hydrogen-bond acceptors (Lipinski definition) is 5. The van der Waals surface area contributed by atoms with Crippen LogP contribution in [0.1, 0.15) is 9.67 Å².